The van der Waals surface area contributed by atoms with E-state index in [4.69, 9.17) is 0 Å². The lowest BCUT2D eigenvalue weighted by Gasteiger charge is -2.03. The van der Waals surface area contributed by atoms with Gasteiger partial charge in [0, 0.05) is 18.9 Å². The second-order valence-corrected chi connectivity index (χ2v) is 4.22. The van der Waals surface area contributed by atoms with Gasteiger partial charge in [0.1, 0.15) is 0 Å². The monoisotopic (exact) mass is 288 g/mol. The Kier molecular flexibility index (Phi) is 4.38. The fraction of sp³-hybridized carbons (Fsp3) is 0.545. The Bertz CT molecular complexity index is 544. The molecule has 2 aromatic heterocycles. The van der Waals surface area contributed by atoms with E-state index in [9.17, 15) is 13.2 Å². The molecule has 0 atom stereocenters. The maximum atomic E-state index is 12.4. The average molecular weight is 288 g/mol. The van der Waals surface area contributed by atoms with Crippen LogP contribution in [-0.2, 0) is 25.8 Å². The highest BCUT2D eigenvalue weighted by atomic mass is 19.4. The largest absolute Gasteiger partial charge is 0.435 e. The molecule has 0 saturated carbocycles. The summed E-state index contributed by atoms with van der Waals surface area (Å²) in [7, 11) is 0. The van der Waals surface area contributed by atoms with E-state index < -0.39 is 11.9 Å². The molecule has 0 radical (unpaired) electrons. The number of aryl methyl sites for hydroxylation is 2. The number of aromatic nitrogens is 5. The van der Waals surface area contributed by atoms with Gasteiger partial charge in [-0.05, 0) is 12.6 Å². The van der Waals surface area contributed by atoms with Gasteiger partial charge in [-0.25, -0.2) is 0 Å². The topological polar surface area (TPSA) is 60.6 Å². The molecule has 2 heterocycles. The Hall–Kier alpha value is -1.90. The van der Waals surface area contributed by atoms with Crippen LogP contribution in [0.25, 0.3) is 0 Å². The highest BCUT2D eigenvalue weighted by Gasteiger charge is 2.33. The maximum absolute atomic E-state index is 12.4. The van der Waals surface area contributed by atoms with Crippen LogP contribution in [0, 0.1) is 0 Å². The molecular formula is C11H15F3N6. The molecule has 0 unspecified atom stereocenters. The molecule has 20 heavy (non-hydrogen) atoms. The van der Waals surface area contributed by atoms with E-state index in [2.05, 4.69) is 20.7 Å². The second kappa shape index (κ2) is 6.04. The van der Waals surface area contributed by atoms with E-state index in [0.29, 0.717) is 19.6 Å². The smallest absolute Gasteiger partial charge is 0.311 e. The molecule has 0 aliphatic carbocycles. The van der Waals surface area contributed by atoms with Crippen molar-refractivity contribution in [3.63, 3.8) is 0 Å². The van der Waals surface area contributed by atoms with Crippen LogP contribution in [0.3, 0.4) is 0 Å². The Morgan fingerprint density at radius 1 is 1.25 bits per heavy atom. The third kappa shape index (κ3) is 3.80. The summed E-state index contributed by atoms with van der Waals surface area (Å²) in [6, 6.07) is 0.956. The molecule has 6 nitrogen and oxygen atoms in total. The van der Waals surface area contributed by atoms with Crippen LogP contribution in [0.1, 0.15) is 18.3 Å². The first-order valence-electron chi connectivity index (χ1n) is 6.19. The third-order valence-corrected chi connectivity index (χ3v) is 2.63. The van der Waals surface area contributed by atoms with Gasteiger partial charge >= 0.3 is 6.18 Å². The zero-order chi connectivity index (χ0) is 14.6. The molecule has 0 aliphatic heterocycles. The van der Waals surface area contributed by atoms with Gasteiger partial charge in [-0.3, -0.25) is 9.36 Å². The molecule has 0 saturated heterocycles. The summed E-state index contributed by atoms with van der Waals surface area (Å²) in [6.45, 7) is 4.16. The number of rotatable bonds is 6. The summed E-state index contributed by atoms with van der Waals surface area (Å²) in [5.41, 5.74) is -0.0905. The molecule has 0 amide bonds. The van der Waals surface area contributed by atoms with Crippen LogP contribution in [0.5, 0.6) is 0 Å². The van der Waals surface area contributed by atoms with E-state index in [1.165, 1.54) is 10.9 Å². The molecule has 110 valence electrons. The van der Waals surface area contributed by atoms with Crippen molar-refractivity contribution < 1.29 is 13.2 Å². The van der Waals surface area contributed by atoms with Crippen LogP contribution in [-0.4, -0.2) is 31.3 Å². The van der Waals surface area contributed by atoms with Gasteiger partial charge in [-0.2, -0.15) is 18.3 Å². The van der Waals surface area contributed by atoms with Crippen molar-refractivity contribution in [1.29, 1.82) is 0 Å². The maximum Gasteiger partial charge on any atom is 0.435 e. The fourth-order valence-electron chi connectivity index (χ4n) is 1.62. The lowest BCUT2D eigenvalue weighted by molar-refractivity contribution is -0.141. The van der Waals surface area contributed by atoms with E-state index in [1.807, 2.05) is 6.92 Å². The predicted octanol–water partition coefficient (Wildman–Crippen LogP) is 1.30. The number of halogens is 3. The molecule has 9 heteroatoms. The summed E-state index contributed by atoms with van der Waals surface area (Å²) in [6.07, 6.45) is -1.34. The second-order valence-electron chi connectivity index (χ2n) is 4.22. The molecular weight excluding hydrogens is 273 g/mol. The van der Waals surface area contributed by atoms with Crippen LogP contribution < -0.4 is 5.32 Å². The Morgan fingerprint density at radius 3 is 2.65 bits per heavy atom. The fourth-order valence-corrected chi connectivity index (χ4v) is 1.62. The molecule has 0 aliphatic rings. The van der Waals surface area contributed by atoms with E-state index >= 15 is 0 Å². The zero-order valence-electron chi connectivity index (χ0n) is 10.9. The molecule has 2 rings (SSSR count). The Morgan fingerprint density at radius 2 is 2.00 bits per heavy atom. The van der Waals surface area contributed by atoms with Gasteiger partial charge in [-0.15, -0.1) is 5.10 Å². The minimum Gasteiger partial charge on any atom is -0.311 e. The quantitative estimate of drug-likeness (QED) is 0.870. The summed E-state index contributed by atoms with van der Waals surface area (Å²) in [4.78, 5) is 0. The van der Waals surface area contributed by atoms with E-state index in [-0.39, 0.29) is 0 Å². The van der Waals surface area contributed by atoms with Gasteiger partial charge in [0.25, 0.3) is 0 Å². The number of hydrogen-bond donors (Lipinski definition) is 1. The standard InChI is InChI=1S/C11H15F3N6/c1-2-15-7-9-8-20(18-16-9)6-5-19-4-3-10(17-19)11(12,13)14/h3-4,8,15H,2,5-7H2,1H3. The Labute approximate surface area is 113 Å². The van der Waals surface area contributed by atoms with Crippen molar-refractivity contribution in [3.8, 4) is 0 Å². The lowest BCUT2D eigenvalue weighted by Crippen LogP contribution is -2.12. The zero-order valence-corrected chi connectivity index (χ0v) is 10.9. The molecule has 1 N–H and O–H groups in total. The van der Waals surface area contributed by atoms with Crippen LogP contribution in [0.2, 0.25) is 0 Å². The molecule has 0 spiro atoms. The first-order chi connectivity index (χ1) is 9.49. The van der Waals surface area contributed by atoms with Gasteiger partial charge in [0.05, 0.1) is 18.8 Å². The highest BCUT2D eigenvalue weighted by molar-refractivity contribution is 5.03. The van der Waals surface area contributed by atoms with E-state index in [1.54, 1.807) is 10.9 Å². The minimum absolute atomic E-state index is 0.306. The number of alkyl halides is 3. The summed E-state index contributed by atoms with van der Waals surface area (Å²) < 4.78 is 40.0. The predicted molar refractivity (Wildman–Crippen MR) is 64.6 cm³/mol. The molecule has 0 bridgehead atoms. The summed E-state index contributed by atoms with van der Waals surface area (Å²) >= 11 is 0. The van der Waals surface area contributed by atoms with E-state index in [0.717, 1.165) is 18.3 Å². The number of hydrogen-bond acceptors (Lipinski definition) is 4. The van der Waals surface area contributed by atoms with Crippen molar-refractivity contribution >= 4 is 0 Å². The van der Waals surface area contributed by atoms with Crippen LogP contribution in [0.4, 0.5) is 13.2 Å². The van der Waals surface area contributed by atoms with Gasteiger partial charge in [0.15, 0.2) is 5.69 Å². The molecule has 0 fully saturated rings. The minimum atomic E-state index is -4.41. The summed E-state index contributed by atoms with van der Waals surface area (Å²) in [5.74, 6) is 0. The summed E-state index contributed by atoms with van der Waals surface area (Å²) in [5, 5.41) is 14.4. The third-order valence-electron chi connectivity index (χ3n) is 2.63. The Balaban J connectivity index is 1.88. The van der Waals surface area contributed by atoms with Crippen LogP contribution in [0.15, 0.2) is 18.5 Å². The van der Waals surface area contributed by atoms with Crippen molar-refractivity contribution in [2.45, 2.75) is 32.7 Å². The number of nitrogens with zero attached hydrogens (tertiary/aromatic N) is 5. The van der Waals surface area contributed by atoms with Crippen molar-refractivity contribution in [2.24, 2.45) is 0 Å². The first kappa shape index (κ1) is 14.5. The normalized spacial score (nSPS) is 12.0. The van der Waals surface area contributed by atoms with Gasteiger partial charge < -0.3 is 5.32 Å². The van der Waals surface area contributed by atoms with Crippen molar-refractivity contribution in [3.05, 3.63) is 29.8 Å². The molecule has 2 aromatic rings. The van der Waals surface area contributed by atoms with Crippen molar-refractivity contribution in [2.75, 3.05) is 6.54 Å². The lowest BCUT2D eigenvalue weighted by atomic mass is 10.4. The van der Waals surface area contributed by atoms with Gasteiger partial charge in [0.2, 0.25) is 0 Å². The van der Waals surface area contributed by atoms with Crippen LogP contribution >= 0.6 is 0 Å². The molecule has 0 aromatic carbocycles. The SMILES string of the molecule is CCNCc1cn(CCn2ccc(C(F)(F)F)n2)nn1. The first-order valence-corrected chi connectivity index (χ1v) is 6.19. The van der Waals surface area contributed by atoms with Crippen molar-refractivity contribution in [1.82, 2.24) is 30.1 Å². The van der Waals surface area contributed by atoms with Gasteiger partial charge in [-0.1, -0.05) is 12.1 Å². The average Bonchev–Trinajstić information content (AvgIpc) is 3.02. The highest BCUT2D eigenvalue weighted by Crippen LogP contribution is 2.27. The number of nitrogens with one attached hydrogen (secondary N) is 1.